The smallest absolute Gasteiger partial charge is 0.229 e. The van der Waals surface area contributed by atoms with Crippen LogP contribution in [0, 0.1) is 0 Å². The van der Waals surface area contributed by atoms with E-state index in [-0.39, 0.29) is 11.5 Å². The van der Waals surface area contributed by atoms with Crippen LogP contribution in [-0.4, -0.2) is 115 Å². The molecule has 36 heavy (non-hydrogen) atoms. The van der Waals surface area contributed by atoms with Crippen molar-refractivity contribution in [2.75, 3.05) is 13.2 Å². The Labute approximate surface area is 206 Å². The average molecular weight is 510 g/mol. The lowest BCUT2D eigenvalue weighted by atomic mass is 9.99. The van der Waals surface area contributed by atoms with E-state index in [1.54, 1.807) is 48.5 Å². The molecule has 2 saturated heterocycles. The van der Waals surface area contributed by atoms with E-state index in [9.17, 15) is 40.9 Å². The molecule has 2 fully saturated rings. The molecule has 0 radical (unpaired) electrons. The number of aliphatic hydroxyl groups excluding tert-OH is 8. The molecular weight excluding hydrogens is 480 g/mol. The van der Waals surface area contributed by atoms with Gasteiger partial charge in [0, 0.05) is 11.1 Å². The molecule has 0 saturated carbocycles. The molecule has 198 valence electrons. The van der Waals surface area contributed by atoms with Crippen molar-refractivity contribution in [3.05, 3.63) is 48.5 Å². The SMILES string of the molecule is OC[C@H]1O[C@H](Oc2ccccc2-c2ccccc2O[C@H]2O[C@H](CO)[C@@H](O)[C@H](O)[C@H]2O)[C@H](O)[C@@H](O)[C@@H]1O. The number of hydrogen-bond acceptors (Lipinski definition) is 12. The van der Waals surface area contributed by atoms with E-state index in [0.717, 1.165) is 0 Å². The summed E-state index contributed by atoms with van der Waals surface area (Å²) in [6.07, 6.45) is -14.7. The molecule has 0 aliphatic carbocycles. The van der Waals surface area contributed by atoms with Gasteiger partial charge in [-0.3, -0.25) is 0 Å². The molecule has 0 aromatic heterocycles. The largest absolute Gasteiger partial charge is 0.461 e. The summed E-state index contributed by atoms with van der Waals surface area (Å²) in [6.45, 7) is -1.22. The van der Waals surface area contributed by atoms with Gasteiger partial charge in [0.05, 0.1) is 13.2 Å². The van der Waals surface area contributed by atoms with Gasteiger partial charge in [0.2, 0.25) is 12.6 Å². The minimum Gasteiger partial charge on any atom is -0.461 e. The molecule has 4 rings (SSSR count). The number of hydrogen-bond donors (Lipinski definition) is 8. The normalized spacial score (nSPS) is 36.9. The van der Waals surface area contributed by atoms with Gasteiger partial charge in [-0.2, -0.15) is 0 Å². The predicted molar refractivity (Wildman–Crippen MR) is 121 cm³/mol. The zero-order valence-corrected chi connectivity index (χ0v) is 19.0. The van der Waals surface area contributed by atoms with Crippen molar-refractivity contribution in [2.45, 2.75) is 61.4 Å². The maximum atomic E-state index is 10.4. The second kappa shape index (κ2) is 11.4. The van der Waals surface area contributed by atoms with Crippen LogP contribution >= 0.6 is 0 Å². The first-order valence-corrected chi connectivity index (χ1v) is 11.4. The number of rotatable bonds is 7. The van der Waals surface area contributed by atoms with Crippen LogP contribution in [-0.2, 0) is 9.47 Å². The molecule has 2 aromatic rings. The Balaban J connectivity index is 1.61. The van der Waals surface area contributed by atoms with Gasteiger partial charge in [-0.15, -0.1) is 0 Å². The third kappa shape index (κ3) is 5.19. The van der Waals surface area contributed by atoms with Crippen LogP contribution < -0.4 is 9.47 Å². The maximum absolute atomic E-state index is 10.4. The lowest BCUT2D eigenvalue weighted by Crippen LogP contribution is -2.60. The van der Waals surface area contributed by atoms with E-state index in [4.69, 9.17) is 18.9 Å². The highest BCUT2D eigenvalue weighted by molar-refractivity contribution is 5.75. The molecule has 0 spiro atoms. The summed E-state index contributed by atoms with van der Waals surface area (Å²) < 4.78 is 22.6. The predicted octanol–water partition coefficient (Wildman–Crippen LogP) is -2.29. The maximum Gasteiger partial charge on any atom is 0.229 e. The van der Waals surface area contributed by atoms with Gasteiger partial charge in [0.25, 0.3) is 0 Å². The van der Waals surface area contributed by atoms with Gasteiger partial charge in [0.15, 0.2) is 0 Å². The summed E-state index contributed by atoms with van der Waals surface area (Å²) in [6, 6.07) is 13.2. The zero-order valence-electron chi connectivity index (χ0n) is 19.0. The second-order valence-electron chi connectivity index (χ2n) is 8.62. The Bertz CT molecular complexity index is 921. The van der Waals surface area contributed by atoms with Gasteiger partial charge in [0.1, 0.15) is 60.3 Å². The Morgan fingerprint density at radius 1 is 0.528 bits per heavy atom. The fourth-order valence-electron chi connectivity index (χ4n) is 4.16. The molecule has 8 N–H and O–H groups in total. The highest BCUT2D eigenvalue weighted by Gasteiger charge is 2.46. The summed E-state index contributed by atoms with van der Waals surface area (Å²) in [7, 11) is 0. The van der Waals surface area contributed by atoms with Crippen molar-refractivity contribution < 1.29 is 59.8 Å². The van der Waals surface area contributed by atoms with Crippen molar-refractivity contribution in [1.29, 1.82) is 0 Å². The van der Waals surface area contributed by atoms with Crippen LogP contribution in [0.1, 0.15) is 0 Å². The Morgan fingerprint density at radius 2 is 0.889 bits per heavy atom. The number of aliphatic hydroxyl groups is 8. The van der Waals surface area contributed by atoms with Crippen molar-refractivity contribution in [3.8, 4) is 22.6 Å². The molecule has 10 atom stereocenters. The standard InChI is InChI=1S/C24H30O12/c25-9-15-17(27)19(29)21(31)23(35-15)33-13-7-3-1-5-11(13)12-6-2-4-8-14(12)34-24-22(32)20(30)18(28)16(10-26)36-24/h1-8,15-32H,9-10H2/t15-,16-,17-,18-,19+,20+,21-,22-,23+,24+/m1/s1. The summed E-state index contributed by atoms with van der Waals surface area (Å²) in [4.78, 5) is 0. The zero-order chi connectivity index (χ0) is 26.0. The van der Waals surface area contributed by atoms with Crippen LogP contribution in [0.2, 0.25) is 0 Å². The lowest BCUT2D eigenvalue weighted by molar-refractivity contribution is -0.277. The average Bonchev–Trinajstić information content (AvgIpc) is 2.90. The highest BCUT2D eigenvalue weighted by atomic mass is 16.7. The molecule has 0 bridgehead atoms. The Morgan fingerprint density at radius 3 is 1.25 bits per heavy atom. The Kier molecular flexibility index (Phi) is 8.42. The van der Waals surface area contributed by atoms with Gasteiger partial charge in [-0.25, -0.2) is 0 Å². The van der Waals surface area contributed by atoms with Gasteiger partial charge >= 0.3 is 0 Å². The number of benzene rings is 2. The van der Waals surface area contributed by atoms with Crippen LogP contribution in [0.5, 0.6) is 11.5 Å². The monoisotopic (exact) mass is 510 g/mol. The summed E-state index contributed by atoms with van der Waals surface area (Å²) >= 11 is 0. The summed E-state index contributed by atoms with van der Waals surface area (Å²) in [5, 5.41) is 79.8. The van der Waals surface area contributed by atoms with Crippen LogP contribution in [0.3, 0.4) is 0 Å². The first kappa shape index (κ1) is 26.7. The number of para-hydroxylation sites is 2. The molecule has 0 amide bonds. The van der Waals surface area contributed by atoms with E-state index >= 15 is 0 Å². The molecule has 2 heterocycles. The summed E-state index contributed by atoms with van der Waals surface area (Å²) in [5.41, 5.74) is 0.907. The molecule has 2 aliphatic heterocycles. The van der Waals surface area contributed by atoms with Gasteiger partial charge in [-0.1, -0.05) is 36.4 Å². The van der Waals surface area contributed by atoms with E-state index in [1.165, 1.54) is 0 Å². The van der Waals surface area contributed by atoms with Gasteiger partial charge < -0.3 is 59.8 Å². The molecule has 2 aromatic carbocycles. The van der Waals surface area contributed by atoms with E-state index in [2.05, 4.69) is 0 Å². The second-order valence-corrected chi connectivity index (χ2v) is 8.62. The molecular formula is C24H30O12. The molecule has 0 unspecified atom stereocenters. The van der Waals surface area contributed by atoms with E-state index in [0.29, 0.717) is 11.1 Å². The van der Waals surface area contributed by atoms with Crippen molar-refractivity contribution in [3.63, 3.8) is 0 Å². The first-order valence-electron chi connectivity index (χ1n) is 11.4. The Hall–Kier alpha value is -2.36. The third-order valence-electron chi connectivity index (χ3n) is 6.25. The summed E-state index contributed by atoms with van der Waals surface area (Å²) in [5.74, 6) is 0.401. The van der Waals surface area contributed by atoms with Crippen molar-refractivity contribution in [2.24, 2.45) is 0 Å². The molecule has 12 heteroatoms. The topological polar surface area (TPSA) is 199 Å². The quantitative estimate of drug-likeness (QED) is 0.199. The molecule has 12 nitrogen and oxygen atoms in total. The minimum atomic E-state index is -1.62. The fourth-order valence-corrected chi connectivity index (χ4v) is 4.16. The van der Waals surface area contributed by atoms with Crippen LogP contribution in [0.4, 0.5) is 0 Å². The van der Waals surface area contributed by atoms with Crippen LogP contribution in [0.25, 0.3) is 11.1 Å². The third-order valence-corrected chi connectivity index (χ3v) is 6.25. The van der Waals surface area contributed by atoms with Gasteiger partial charge in [-0.05, 0) is 12.1 Å². The van der Waals surface area contributed by atoms with Crippen molar-refractivity contribution in [1.82, 2.24) is 0 Å². The minimum absolute atomic E-state index is 0.201. The first-order chi connectivity index (χ1) is 17.3. The van der Waals surface area contributed by atoms with E-state index in [1.807, 2.05) is 0 Å². The van der Waals surface area contributed by atoms with E-state index < -0.39 is 74.6 Å². The van der Waals surface area contributed by atoms with Crippen molar-refractivity contribution >= 4 is 0 Å². The molecule has 2 aliphatic rings. The van der Waals surface area contributed by atoms with Crippen LogP contribution in [0.15, 0.2) is 48.5 Å². The highest BCUT2D eigenvalue weighted by Crippen LogP contribution is 2.39. The number of ether oxygens (including phenoxy) is 4. The fraction of sp³-hybridized carbons (Fsp3) is 0.500. The lowest BCUT2D eigenvalue weighted by Gasteiger charge is -2.40.